The summed E-state index contributed by atoms with van der Waals surface area (Å²) in [5.41, 5.74) is 3.26. The minimum atomic E-state index is -0.129. The van der Waals surface area contributed by atoms with Crippen LogP contribution in [-0.4, -0.2) is 24.9 Å². The van der Waals surface area contributed by atoms with E-state index in [2.05, 4.69) is 46.2 Å². The Balaban J connectivity index is 1.63. The number of hydrogen-bond acceptors (Lipinski definition) is 5. The molecule has 5 nitrogen and oxygen atoms in total. The summed E-state index contributed by atoms with van der Waals surface area (Å²) in [6, 6.07) is 2.31. The molecule has 2 bridgehead atoms. The van der Waals surface area contributed by atoms with E-state index in [-0.39, 0.29) is 46.5 Å². The number of furan rings is 1. The minimum Gasteiger partial charge on any atom is -0.472 e. The van der Waals surface area contributed by atoms with Gasteiger partial charge in [-0.3, -0.25) is 9.59 Å². The van der Waals surface area contributed by atoms with Crippen LogP contribution in [0.15, 0.2) is 41.9 Å². The predicted octanol–water partition coefficient (Wildman–Crippen LogP) is 7.15. The van der Waals surface area contributed by atoms with Crippen LogP contribution >= 0.6 is 0 Å². The van der Waals surface area contributed by atoms with Crippen LogP contribution in [0, 0.1) is 64.1 Å². The number of ketones is 1. The molecular weight excluding hydrogens is 486 g/mol. The predicted molar refractivity (Wildman–Crippen MR) is 154 cm³/mol. The Kier molecular flexibility index (Phi) is 7.21. The number of esters is 1. The third-order valence-electron chi connectivity index (χ3n) is 12.6. The summed E-state index contributed by atoms with van der Waals surface area (Å²) in [4.78, 5) is 26.1. The van der Waals surface area contributed by atoms with E-state index in [0.29, 0.717) is 48.2 Å². The van der Waals surface area contributed by atoms with E-state index in [1.807, 2.05) is 26.2 Å². The standard InChI is InChI=1S/C34H49NO4/c1-18(2)28(36)15-24-20(4)26(16-29(37)38-9)34(8)22(6)30(24)32-31-25(34)10-12-33(7,27(31)14-19(3)35-32)21(5)23-11-13-39-17-23/h11,13,17-18,20,22,24-27,30-32,35H,3,5,10,12,14-16H2,1-2,4,6-9H3/t20?,22?,24?,25?,26-,27?,30?,31?,32?,33-,34+/m0/s1. The van der Waals surface area contributed by atoms with Crippen LogP contribution in [0.5, 0.6) is 0 Å². The van der Waals surface area contributed by atoms with Crippen molar-refractivity contribution in [2.75, 3.05) is 7.11 Å². The van der Waals surface area contributed by atoms with Gasteiger partial charge in [-0.1, -0.05) is 54.7 Å². The van der Waals surface area contributed by atoms with Gasteiger partial charge in [-0.15, -0.1) is 0 Å². The van der Waals surface area contributed by atoms with Gasteiger partial charge in [-0.05, 0) is 89.1 Å². The molecule has 4 fully saturated rings. The lowest BCUT2D eigenvalue weighted by Crippen LogP contribution is -2.71. The number of carbonyl (C=O) groups excluding carboxylic acids is 2. The molecule has 1 aromatic rings. The molecule has 1 aliphatic heterocycles. The normalized spacial score (nSPS) is 42.9. The number of hydrogen-bond donors (Lipinski definition) is 1. The molecule has 1 aromatic heterocycles. The molecule has 0 amide bonds. The average molecular weight is 536 g/mol. The number of allylic oxidation sites excluding steroid dienone is 2. The van der Waals surface area contributed by atoms with E-state index < -0.39 is 0 Å². The maximum atomic E-state index is 13.3. The second-order valence-electron chi connectivity index (χ2n) is 14.2. The number of nitrogens with one attached hydrogen (secondary N) is 1. The minimum absolute atomic E-state index is 0.00879. The summed E-state index contributed by atoms with van der Waals surface area (Å²) in [6.45, 7) is 22.8. The molecule has 11 atom stereocenters. The van der Waals surface area contributed by atoms with Crippen LogP contribution in [0.25, 0.3) is 5.57 Å². The Bertz CT molecular complexity index is 1140. The van der Waals surface area contributed by atoms with E-state index in [4.69, 9.17) is 9.15 Å². The van der Waals surface area contributed by atoms with Crippen molar-refractivity contribution in [3.63, 3.8) is 0 Å². The maximum absolute atomic E-state index is 13.3. The molecule has 4 aliphatic rings. The number of ether oxygens (including phenoxy) is 1. The van der Waals surface area contributed by atoms with Gasteiger partial charge in [0, 0.05) is 36.1 Å². The van der Waals surface area contributed by atoms with Crippen molar-refractivity contribution in [3.8, 4) is 0 Å². The summed E-state index contributed by atoms with van der Waals surface area (Å²) >= 11 is 0. The maximum Gasteiger partial charge on any atom is 0.305 e. The lowest BCUT2D eigenvalue weighted by molar-refractivity contribution is -0.216. The zero-order valence-corrected chi connectivity index (χ0v) is 25.1. The molecule has 0 aromatic carbocycles. The molecule has 3 aliphatic carbocycles. The van der Waals surface area contributed by atoms with Gasteiger partial charge in [0.1, 0.15) is 5.78 Å². The Morgan fingerprint density at radius 1 is 1.18 bits per heavy atom. The first kappa shape index (κ1) is 28.2. The highest BCUT2D eigenvalue weighted by molar-refractivity contribution is 5.80. The second-order valence-corrected chi connectivity index (χ2v) is 14.2. The van der Waals surface area contributed by atoms with Crippen LogP contribution in [0.4, 0.5) is 0 Å². The Morgan fingerprint density at radius 3 is 2.51 bits per heavy atom. The Hall–Kier alpha value is -2.30. The number of fused-ring (bicyclic) bond motifs is 4. The van der Waals surface area contributed by atoms with E-state index >= 15 is 0 Å². The van der Waals surface area contributed by atoms with Crippen molar-refractivity contribution < 1.29 is 18.7 Å². The molecule has 0 radical (unpaired) electrons. The first-order chi connectivity index (χ1) is 18.4. The molecule has 2 heterocycles. The van der Waals surface area contributed by atoms with Crippen LogP contribution < -0.4 is 5.32 Å². The molecule has 8 unspecified atom stereocenters. The molecule has 0 spiro atoms. The third kappa shape index (κ3) is 4.16. The molecule has 5 heteroatoms. The average Bonchev–Trinajstić information content (AvgIpc) is 3.43. The van der Waals surface area contributed by atoms with Gasteiger partial charge in [-0.2, -0.15) is 0 Å². The number of Topliss-reactive ketones (excluding diaryl/α,β-unsaturated/α-hetero) is 1. The van der Waals surface area contributed by atoms with E-state index in [1.165, 1.54) is 7.11 Å². The summed E-state index contributed by atoms with van der Waals surface area (Å²) in [7, 11) is 1.50. The molecule has 39 heavy (non-hydrogen) atoms. The van der Waals surface area contributed by atoms with Crippen molar-refractivity contribution in [3.05, 3.63) is 43.0 Å². The highest BCUT2D eigenvalue weighted by Crippen LogP contribution is 2.71. The van der Waals surface area contributed by atoms with Gasteiger partial charge in [0.25, 0.3) is 0 Å². The van der Waals surface area contributed by atoms with Crippen LogP contribution in [0.3, 0.4) is 0 Å². The fourth-order valence-corrected chi connectivity index (χ4v) is 10.3. The van der Waals surface area contributed by atoms with Gasteiger partial charge in [0.05, 0.1) is 19.6 Å². The second kappa shape index (κ2) is 9.96. The van der Waals surface area contributed by atoms with Gasteiger partial charge in [0.2, 0.25) is 0 Å². The highest BCUT2D eigenvalue weighted by Gasteiger charge is 2.69. The lowest BCUT2D eigenvalue weighted by Gasteiger charge is -2.72. The van der Waals surface area contributed by atoms with Gasteiger partial charge in [-0.25, -0.2) is 0 Å². The Labute approximate surface area is 235 Å². The third-order valence-corrected chi connectivity index (χ3v) is 12.6. The molecular formula is C34H49NO4. The summed E-state index contributed by atoms with van der Waals surface area (Å²) < 4.78 is 10.7. The topological polar surface area (TPSA) is 68.5 Å². The van der Waals surface area contributed by atoms with Crippen LogP contribution in [-0.2, 0) is 14.3 Å². The largest absolute Gasteiger partial charge is 0.472 e. The van der Waals surface area contributed by atoms with Gasteiger partial charge >= 0.3 is 5.97 Å². The molecule has 214 valence electrons. The van der Waals surface area contributed by atoms with Crippen molar-refractivity contribution in [1.29, 1.82) is 0 Å². The van der Waals surface area contributed by atoms with E-state index in [9.17, 15) is 9.59 Å². The molecule has 5 rings (SSSR count). The van der Waals surface area contributed by atoms with E-state index in [0.717, 1.165) is 36.1 Å². The fraction of sp³-hybridized carbons (Fsp3) is 0.706. The lowest BCUT2D eigenvalue weighted by atomic mass is 9.34. The summed E-state index contributed by atoms with van der Waals surface area (Å²) in [5.74, 6) is 2.86. The Morgan fingerprint density at radius 2 is 1.90 bits per heavy atom. The molecule has 1 saturated heterocycles. The van der Waals surface area contributed by atoms with Crippen LogP contribution in [0.1, 0.15) is 79.2 Å². The SMILES string of the molecule is C=C1CC2C3C(N1)C1C(CC(=O)C(C)C)C(C)[C@H](CC(=O)OC)[C@](C)(C1C)C3CC[C@@]2(C)C(=C)c1ccoc1. The number of carbonyl (C=O) groups is 2. The van der Waals surface area contributed by atoms with Crippen molar-refractivity contribution >= 4 is 17.3 Å². The summed E-state index contributed by atoms with van der Waals surface area (Å²) in [5, 5.41) is 3.94. The molecule has 1 N–H and O–H groups in total. The monoisotopic (exact) mass is 535 g/mol. The fourth-order valence-electron chi connectivity index (χ4n) is 10.3. The number of piperidine rings is 1. The zero-order chi connectivity index (χ0) is 28.4. The van der Waals surface area contributed by atoms with Crippen molar-refractivity contribution in [1.82, 2.24) is 5.32 Å². The van der Waals surface area contributed by atoms with E-state index in [1.54, 1.807) is 6.26 Å². The number of methoxy groups -OCH3 is 1. The smallest absolute Gasteiger partial charge is 0.305 e. The highest BCUT2D eigenvalue weighted by atomic mass is 16.5. The van der Waals surface area contributed by atoms with Gasteiger partial charge < -0.3 is 14.5 Å². The zero-order valence-electron chi connectivity index (χ0n) is 25.1. The molecule has 3 saturated carbocycles. The first-order valence-corrected chi connectivity index (χ1v) is 15.1. The first-order valence-electron chi connectivity index (χ1n) is 15.1. The summed E-state index contributed by atoms with van der Waals surface area (Å²) in [6.07, 6.45) is 7.66. The van der Waals surface area contributed by atoms with Crippen molar-refractivity contribution in [2.45, 2.75) is 79.7 Å². The van der Waals surface area contributed by atoms with Gasteiger partial charge in [0.15, 0.2) is 0 Å². The quantitative estimate of drug-likeness (QED) is 0.376. The number of rotatable bonds is 7. The van der Waals surface area contributed by atoms with Crippen LogP contribution in [0.2, 0.25) is 0 Å². The van der Waals surface area contributed by atoms with Crippen molar-refractivity contribution in [2.24, 2.45) is 64.1 Å².